The number of hydrogen-bond donors (Lipinski definition) is 3. The molecule has 86 valence electrons. The van der Waals surface area contributed by atoms with Crippen LogP contribution >= 0.6 is 0 Å². The summed E-state index contributed by atoms with van der Waals surface area (Å²) < 4.78 is 1.87. The maximum absolute atomic E-state index is 5.43. The Morgan fingerprint density at radius 2 is 2.29 bits per heavy atom. The second-order valence-electron chi connectivity index (χ2n) is 3.66. The highest BCUT2D eigenvalue weighted by Gasteiger charge is 2.15. The van der Waals surface area contributed by atoms with Gasteiger partial charge in [0.15, 0.2) is 12.0 Å². The lowest BCUT2D eigenvalue weighted by molar-refractivity contribution is -0.574. The van der Waals surface area contributed by atoms with E-state index in [9.17, 15) is 0 Å². The molecule has 0 aromatic carbocycles. The van der Waals surface area contributed by atoms with Gasteiger partial charge < -0.3 is 5.73 Å². The molecule has 17 heavy (non-hydrogen) atoms. The van der Waals surface area contributed by atoms with E-state index < -0.39 is 0 Å². The normalized spacial score (nSPS) is 11.1. The van der Waals surface area contributed by atoms with E-state index in [1.54, 1.807) is 6.20 Å². The molecule has 3 aromatic rings. The Hall–Kier alpha value is -2.28. The molecule has 0 amide bonds. The van der Waals surface area contributed by atoms with Gasteiger partial charge in [0.2, 0.25) is 0 Å². The summed E-state index contributed by atoms with van der Waals surface area (Å²) in [5, 5.41) is 11.3. The fraction of sp³-hybridized carbons (Fsp3) is 0.200. The third-order valence-electron chi connectivity index (χ3n) is 2.54. The first-order chi connectivity index (χ1) is 8.38. The van der Waals surface area contributed by atoms with Crippen LogP contribution in [-0.4, -0.2) is 31.8 Å². The molecule has 0 aliphatic heterocycles. The van der Waals surface area contributed by atoms with E-state index in [4.69, 9.17) is 5.73 Å². The minimum atomic E-state index is 0.530. The van der Waals surface area contributed by atoms with Gasteiger partial charge >= 0.3 is 5.65 Å². The largest absolute Gasteiger partial charge is 0.330 e. The van der Waals surface area contributed by atoms with Crippen LogP contribution in [0.3, 0.4) is 0 Å². The van der Waals surface area contributed by atoms with Gasteiger partial charge in [0.05, 0.1) is 12.4 Å². The Labute approximate surface area is 96.7 Å². The van der Waals surface area contributed by atoms with Crippen LogP contribution in [-0.2, 0) is 6.42 Å². The molecule has 0 atom stereocenters. The van der Waals surface area contributed by atoms with Crippen LogP contribution in [0.2, 0.25) is 0 Å². The second kappa shape index (κ2) is 3.95. The Bertz CT molecular complexity index is 621. The predicted molar refractivity (Wildman–Crippen MR) is 59.9 cm³/mol. The minimum absolute atomic E-state index is 0.530. The maximum Gasteiger partial charge on any atom is 0.314 e. The number of rotatable bonds is 3. The summed E-state index contributed by atoms with van der Waals surface area (Å²) in [7, 11) is 0. The highest BCUT2D eigenvalue weighted by Crippen LogP contribution is 2.16. The summed E-state index contributed by atoms with van der Waals surface area (Å²) in [6.45, 7) is 0.530. The Kier molecular flexibility index (Phi) is 2.30. The molecule has 0 radical (unpaired) electrons. The molecular weight excluding hydrogens is 218 g/mol. The lowest BCUT2D eigenvalue weighted by Crippen LogP contribution is -2.18. The van der Waals surface area contributed by atoms with Crippen molar-refractivity contribution in [3.63, 3.8) is 0 Å². The number of aromatic nitrogens is 6. The first-order valence-electron chi connectivity index (χ1n) is 5.33. The van der Waals surface area contributed by atoms with E-state index in [0.29, 0.717) is 18.8 Å². The standard InChI is InChI=1S/C10H11N7/c11-2-1-9-13-6-8(15-16-9)7-5-14-17-4-3-12-10(7)17/h3-6H,1-2,11H2,(H,12,14,15)/p+1. The summed E-state index contributed by atoms with van der Waals surface area (Å²) in [6, 6.07) is 0. The van der Waals surface area contributed by atoms with Gasteiger partial charge in [-0.25, -0.2) is 15.1 Å². The van der Waals surface area contributed by atoms with Crippen molar-refractivity contribution >= 4 is 5.65 Å². The monoisotopic (exact) mass is 230 g/mol. The van der Waals surface area contributed by atoms with E-state index >= 15 is 0 Å². The van der Waals surface area contributed by atoms with Gasteiger partial charge in [-0.15, -0.1) is 14.7 Å². The molecule has 0 aliphatic rings. The van der Waals surface area contributed by atoms with Crippen molar-refractivity contribution in [3.05, 3.63) is 30.6 Å². The van der Waals surface area contributed by atoms with E-state index in [-0.39, 0.29) is 0 Å². The summed E-state index contributed by atoms with van der Waals surface area (Å²) in [6.07, 6.45) is 7.96. The lowest BCUT2D eigenvalue weighted by Gasteiger charge is -1.96. The zero-order chi connectivity index (χ0) is 11.7. The average Bonchev–Trinajstić information content (AvgIpc) is 2.93. The van der Waals surface area contributed by atoms with Gasteiger partial charge in [0.25, 0.3) is 0 Å². The number of fused-ring (bicyclic) bond motifs is 1. The number of nitrogens with two attached hydrogens (primary N) is 1. The summed E-state index contributed by atoms with van der Waals surface area (Å²) in [4.78, 5) is 7.35. The zero-order valence-electron chi connectivity index (χ0n) is 9.09. The molecule has 0 bridgehead atoms. The van der Waals surface area contributed by atoms with Crippen LogP contribution in [0.5, 0.6) is 0 Å². The van der Waals surface area contributed by atoms with E-state index in [1.165, 1.54) is 0 Å². The molecule has 0 aliphatic carbocycles. The van der Waals surface area contributed by atoms with Crippen molar-refractivity contribution in [1.82, 2.24) is 25.3 Å². The Morgan fingerprint density at radius 3 is 3.06 bits per heavy atom. The maximum atomic E-state index is 5.43. The molecular formula is C10H12N7+. The van der Waals surface area contributed by atoms with Crippen molar-refractivity contribution in [1.29, 1.82) is 0 Å². The third-order valence-corrected chi connectivity index (χ3v) is 2.54. The Morgan fingerprint density at radius 1 is 1.35 bits per heavy atom. The molecule has 0 saturated carbocycles. The predicted octanol–water partition coefficient (Wildman–Crippen LogP) is -0.565. The molecule has 0 fully saturated rings. The molecule has 0 unspecified atom stereocenters. The van der Waals surface area contributed by atoms with Gasteiger partial charge in [0.1, 0.15) is 17.5 Å². The molecule has 3 rings (SSSR count). The van der Waals surface area contributed by atoms with E-state index in [2.05, 4.69) is 25.3 Å². The Balaban J connectivity index is 2.01. The van der Waals surface area contributed by atoms with Crippen molar-refractivity contribution in [3.8, 4) is 11.3 Å². The SMILES string of the molecule is NCCc1ncc(-c2c[nH][n+]3cc[nH]c23)nn1. The number of aromatic amines is 2. The highest BCUT2D eigenvalue weighted by atomic mass is 15.3. The minimum Gasteiger partial charge on any atom is -0.330 e. The fourth-order valence-electron chi connectivity index (χ4n) is 1.71. The van der Waals surface area contributed by atoms with Crippen LogP contribution in [0.15, 0.2) is 24.8 Å². The molecule has 3 heterocycles. The van der Waals surface area contributed by atoms with Crippen LogP contribution in [0.4, 0.5) is 0 Å². The van der Waals surface area contributed by atoms with Crippen LogP contribution in [0, 0.1) is 0 Å². The molecule has 0 saturated heterocycles. The number of imidazole rings is 1. The van der Waals surface area contributed by atoms with Crippen molar-refractivity contribution in [2.24, 2.45) is 5.73 Å². The lowest BCUT2D eigenvalue weighted by atomic mass is 10.2. The van der Waals surface area contributed by atoms with Gasteiger partial charge in [-0.05, 0) is 6.54 Å². The summed E-state index contributed by atoms with van der Waals surface area (Å²) in [5.74, 6) is 0.669. The van der Waals surface area contributed by atoms with Crippen molar-refractivity contribution < 1.29 is 4.52 Å². The molecule has 7 nitrogen and oxygen atoms in total. The van der Waals surface area contributed by atoms with Crippen molar-refractivity contribution in [2.45, 2.75) is 6.42 Å². The number of H-pyrrole nitrogens is 2. The third kappa shape index (κ3) is 1.66. The molecule has 3 aromatic heterocycles. The topological polar surface area (TPSA) is 100 Å². The molecule has 0 spiro atoms. The number of nitrogens with zero attached hydrogens (tertiary/aromatic N) is 4. The van der Waals surface area contributed by atoms with E-state index in [0.717, 1.165) is 16.9 Å². The van der Waals surface area contributed by atoms with Gasteiger partial charge in [-0.1, -0.05) is 0 Å². The summed E-state index contributed by atoms with van der Waals surface area (Å²) in [5.41, 5.74) is 8.04. The molecule has 7 heteroatoms. The number of nitrogens with one attached hydrogen (secondary N) is 2. The molecule has 4 N–H and O–H groups in total. The first-order valence-corrected chi connectivity index (χ1v) is 5.33. The summed E-state index contributed by atoms with van der Waals surface area (Å²) >= 11 is 0. The van der Waals surface area contributed by atoms with Gasteiger partial charge in [0, 0.05) is 6.42 Å². The van der Waals surface area contributed by atoms with Gasteiger partial charge in [-0.2, -0.15) is 0 Å². The quantitative estimate of drug-likeness (QED) is 0.525. The fourth-order valence-corrected chi connectivity index (χ4v) is 1.71. The first kappa shape index (κ1) is 9.91. The van der Waals surface area contributed by atoms with Crippen LogP contribution < -0.4 is 10.2 Å². The average molecular weight is 230 g/mol. The van der Waals surface area contributed by atoms with Crippen LogP contribution in [0.1, 0.15) is 5.82 Å². The van der Waals surface area contributed by atoms with Crippen molar-refractivity contribution in [2.75, 3.05) is 6.54 Å². The number of hydrogen-bond acceptors (Lipinski definition) is 4. The highest BCUT2D eigenvalue weighted by molar-refractivity contribution is 5.70. The zero-order valence-corrected chi connectivity index (χ0v) is 9.09. The van der Waals surface area contributed by atoms with E-state index in [1.807, 2.05) is 23.1 Å². The van der Waals surface area contributed by atoms with Gasteiger partial charge in [-0.3, -0.25) is 0 Å². The smallest absolute Gasteiger partial charge is 0.314 e. The second-order valence-corrected chi connectivity index (χ2v) is 3.66. The van der Waals surface area contributed by atoms with Crippen LogP contribution in [0.25, 0.3) is 16.9 Å².